The van der Waals surface area contributed by atoms with E-state index in [0.29, 0.717) is 0 Å². The van der Waals surface area contributed by atoms with Crippen molar-refractivity contribution in [1.82, 2.24) is 0 Å². The van der Waals surface area contributed by atoms with Crippen LogP contribution in [0.15, 0.2) is 12.0 Å². The van der Waals surface area contributed by atoms with E-state index in [1.165, 1.54) is 13.4 Å². The summed E-state index contributed by atoms with van der Waals surface area (Å²) in [5, 5.41) is 20.0. The first-order valence-corrected chi connectivity index (χ1v) is 9.31. The molecule has 0 radical (unpaired) electrons. The van der Waals surface area contributed by atoms with Crippen molar-refractivity contribution in [2.24, 2.45) is 11.3 Å². The molecule has 158 valence electrons. The van der Waals surface area contributed by atoms with E-state index >= 15 is 0 Å². The summed E-state index contributed by atoms with van der Waals surface area (Å²) in [7, 11) is 1.53. The minimum absolute atomic E-state index is 0.0749. The Labute approximate surface area is 162 Å². The molecular formula is C20H36O7. The third kappa shape index (κ3) is 5.02. The third-order valence-corrected chi connectivity index (χ3v) is 6.07. The average molecular weight is 389 g/mol. The van der Waals surface area contributed by atoms with E-state index in [1.54, 1.807) is 27.7 Å². The Balaban J connectivity index is 3.14. The summed E-state index contributed by atoms with van der Waals surface area (Å²) in [6, 6.07) is 0. The molecule has 0 saturated carbocycles. The molecule has 0 aromatic rings. The molecule has 0 aromatic carbocycles. The Morgan fingerprint density at radius 1 is 1.22 bits per heavy atom. The molecule has 1 heterocycles. The fourth-order valence-corrected chi connectivity index (χ4v) is 2.23. The number of esters is 1. The number of ether oxygens (including phenoxy) is 4. The van der Waals surface area contributed by atoms with Crippen LogP contribution in [0.5, 0.6) is 0 Å². The van der Waals surface area contributed by atoms with E-state index < -0.39 is 40.9 Å². The van der Waals surface area contributed by atoms with Gasteiger partial charge in [-0.1, -0.05) is 13.8 Å². The van der Waals surface area contributed by atoms with Gasteiger partial charge in [0.05, 0.1) is 23.2 Å². The van der Waals surface area contributed by atoms with Crippen molar-refractivity contribution < 1.29 is 34.0 Å². The molecule has 2 unspecified atom stereocenters. The quantitative estimate of drug-likeness (QED) is 0.617. The zero-order chi connectivity index (χ0) is 21.2. The van der Waals surface area contributed by atoms with Crippen molar-refractivity contribution in [3.8, 4) is 0 Å². The monoisotopic (exact) mass is 388 g/mol. The van der Waals surface area contributed by atoms with Gasteiger partial charge in [-0.15, -0.1) is 0 Å². The van der Waals surface area contributed by atoms with Gasteiger partial charge in [-0.3, -0.25) is 4.79 Å². The molecule has 27 heavy (non-hydrogen) atoms. The molecule has 0 saturated heterocycles. The van der Waals surface area contributed by atoms with Crippen molar-refractivity contribution >= 4 is 5.97 Å². The van der Waals surface area contributed by atoms with Crippen LogP contribution in [0.3, 0.4) is 0 Å². The van der Waals surface area contributed by atoms with Crippen molar-refractivity contribution in [2.45, 2.75) is 84.9 Å². The highest BCUT2D eigenvalue weighted by Gasteiger charge is 2.48. The topological polar surface area (TPSA) is 94.5 Å². The summed E-state index contributed by atoms with van der Waals surface area (Å²) in [5.41, 5.74) is -2.35. The van der Waals surface area contributed by atoms with Crippen LogP contribution >= 0.6 is 0 Å². The van der Waals surface area contributed by atoms with Gasteiger partial charge in [0.1, 0.15) is 24.6 Å². The molecule has 1 aliphatic heterocycles. The smallest absolute Gasteiger partial charge is 0.319 e. The van der Waals surface area contributed by atoms with E-state index in [0.717, 1.165) is 0 Å². The Bertz CT molecular complexity index is 549. The fourth-order valence-electron chi connectivity index (χ4n) is 2.23. The third-order valence-electron chi connectivity index (χ3n) is 6.07. The molecule has 0 amide bonds. The first kappa shape index (κ1) is 23.9. The standard InChI is InChI=1S/C20H36O7/c1-12(2)19(5,6)27-16-14(11-25-13(10-21)15(16)22)26-17(23)18(3,4)20(7,8)24-9/h11-13,15-16,21-22H,10H2,1-9H3/t13?,15-,16?/m1/s1. The lowest BCUT2D eigenvalue weighted by Gasteiger charge is -2.42. The second kappa shape index (κ2) is 8.47. The zero-order valence-corrected chi connectivity index (χ0v) is 18.0. The fraction of sp³-hybridized carbons (Fsp3) is 0.850. The molecule has 0 aliphatic carbocycles. The maximum atomic E-state index is 12.9. The molecular weight excluding hydrogens is 352 g/mol. The van der Waals surface area contributed by atoms with Crippen LogP contribution in [-0.4, -0.2) is 59.4 Å². The van der Waals surface area contributed by atoms with Crippen LogP contribution in [0.25, 0.3) is 0 Å². The van der Waals surface area contributed by atoms with Crippen molar-refractivity contribution in [2.75, 3.05) is 13.7 Å². The van der Waals surface area contributed by atoms with Crippen molar-refractivity contribution in [3.05, 3.63) is 12.0 Å². The molecule has 7 heteroatoms. The Morgan fingerprint density at radius 3 is 2.22 bits per heavy atom. The Hall–Kier alpha value is -1.15. The van der Waals surface area contributed by atoms with Gasteiger partial charge in [0.15, 0.2) is 5.76 Å². The Kier molecular flexibility index (Phi) is 7.49. The highest BCUT2D eigenvalue weighted by Crippen LogP contribution is 2.37. The molecule has 0 aromatic heterocycles. The molecule has 1 aliphatic rings. The average Bonchev–Trinajstić information content (AvgIpc) is 2.57. The van der Waals surface area contributed by atoms with Crippen LogP contribution < -0.4 is 0 Å². The van der Waals surface area contributed by atoms with Crippen LogP contribution in [0.2, 0.25) is 0 Å². The molecule has 7 nitrogen and oxygen atoms in total. The van der Waals surface area contributed by atoms with E-state index in [4.69, 9.17) is 18.9 Å². The van der Waals surface area contributed by atoms with Gasteiger partial charge in [0.2, 0.25) is 0 Å². The first-order valence-electron chi connectivity index (χ1n) is 9.31. The lowest BCUT2D eigenvalue weighted by atomic mass is 9.77. The summed E-state index contributed by atoms with van der Waals surface area (Å²) in [4.78, 5) is 12.9. The summed E-state index contributed by atoms with van der Waals surface area (Å²) >= 11 is 0. The first-order chi connectivity index (χ1) is 12.2. The number of carbonyl (C=O) groups excluding carboxylic acids is 1. The molecule has 0 spiro atoms. The number of methoxy groups -OCH3 is 1. The number of rotatable bonds is 8. The van der Waals surface area contributed by atoms with Gasteiger partial charge in [0.25, 0.3) is 0 Å². The van der Waals surface area contributed by atoms with Gasteiger partial charge in [0, 0.05) is 7.11 Å². The number of hydrogen-bond donors (Lipinski definition) is 2. The summed E-state index contributed by atoms with van der Waals surface area (Å²) in [5.74, 6) is -0.318. The maximum Gasteiger partial charge on any atom is 0.319 e. The second-order valence-electron chi connectivity index (χ2n) is 8.89. The number of aliphatic hydroxyl groups is 2. The van der Waals surface area contributed by atoms with Gasteiger partial charge < -0.3 is 29.2 Å². The molecule has 0 fully saturated rings. The highest BCUT2D eigenvalue weighted by atomic mass is 16.6. The van der Waals surface area contributed by atoms with Crippen molar-refractivity contribution in [1.29, 1.82) is 0 Å². The van der Waals surface area contributed by atoms with E-state index in [2.05, 4.69) is 0 Å². The predicted molar refractivity (Wildman–Crippen MR) is 101 cm³/mol. The van der Waals surface area contributed by atoms with Gasteiger partial charge in [-0.25, -0.2) is 0 Å². The normalized spacial score (nSPS) is 24.4. The number of carbonyl (C=O) groups is 1. The van der Waals surface area contributed by atoms with Crippen LogP contribution in [-0.2, 0) is 23.7 Å². The lowest BCUT2D eigenvalue weighted by Crippen LogP contribution is -2.52. The summed E-state index contributed by atoms with van der Waals surface area (Å²) < 4.78 is 22.5. The SMILES string of the molecule is COC(C)(C)C(C)(C)C(=O)OC1=COC(CO)[C@@H](O)C1OC(C)(C)C(C)C. The van der Waals surface area contributed by atoms with Crippen LogP contribution in [0, 0.1) is 11.3 Å². The molecule has 0 bridgehead atoms. The maximum absolute atomic E-state index is 12.9. The van der Waals surface area contributed by atoms with Gasteiger partial charge in [-0.05, 0) is 47.5 Å². The van der Waals surface area contributed by atoms with Crippen LogP contribution in [0.1, 0.15) is 55.4 Å². The molecule has 3 atom stereocenters. The number of aliphatic hydroxyl groups excluding tert-OH is 2. The van der Waals surface area contributed by atoms with E-state index in [9.17, 15) is 15.0 Å². The summed E-state index contributed by atoms with van der Waals surface area (Å²) in [6.07, 6.45) is -1.75. The molecule has 2 N–H and O–H groups in total. The lowest BCUT2D eigenvalue weighted by molar-refractivity contribution is -0.192. The minimum atomic E-state index is -1.18. The van der Waals surface area contributed by atoms with Crippen molar-refractivity contribution in [3.63, 3.8) is 0 Å². The minimum Gasteiger partial charge on any atom is -0.489 e. The van der Waals surface area contributed by atoms with E-state index in [-0.39, 0.29) is 18.3 Å². The highest BCUT2D eigenvalue weighted by molar-refractivity contribution is 5.78. The molecule has 1 rings (SSSR count). The van der Waals surface area contributed by atoms with Gasteiger partial charge >= 0.3 is 5.97 Å². The summed E-state index contributed by atoms with van der Waals surface area (Å²) in [6.45, 7) is 14.4. The predicted octanol–water partition coefficient (Wildman–Crippen LogP) is 2.39. The van der Waals surface area contributed by atoms with Gasteiger partial charge in [-0.2, -0.15) is 0 Å². The zero-order valence-electron chi connectivity index (χ0n) is 18.0. The van der Waals surface area contributed by atoms with Crippen LogP contribution in [0.4, 0.5) is 0 Å². The largest absolute Gasteiger partial charge is 0.489 e. The van der Waals surface area contributed by atoms with E-state index in [1.807, 2.05) is 27.7 Å². The number of hydrogen-bond acceptors (Lipinski definition) is 7. The second-order valence-corrected chi connectivity index (χ2v) is 8.89. The Morgan fingerprint density at radius 2 is 1.78 bits per heavy atom.